The summed E-state index contributed by atoms with van der Waals surface area (Å²) in [5.74, 6) is -0.597. The van der Waals surface area contributed by atoms with Gasteiger partial charge in [0.1, 0.15) is 13.2 Å². The lowest BCUT2D eigenvalue weighted by atomic mass is 10.2. The Kier molecular flexibility index (Phi) is 12.2. The van der Waals surface area contributed by atoms with Gasteiger partial charge in [0.25, 0.3) is 0 Å². The van der Waals surface area contributed by atoms with Crippen LogP contribution in [-0.4, -0.2) is 38.4 Å². The molecule has 0 aromatic carbocycles. The molecule has 0 aliphatic carbocycles. The van der Waals surface area contributed by atoms with Crippen molar-refractivity contribution in [2.24, 2.45) is 5.92 Å². The fourth-order valence-corrected chi connectivity index (χ4v) is 1.45. The van der Waals surface area contributed by atoms with Crippen molar-refractivity contribution in [1.29, 1.82) is 0 Å². The average Bonchev–Trinajstić information content (AvgIpc) is 2.40. The van der Waals surface area contributed by atoms with E-state index in [9.17, 15) is 9.59 Å². The molecular weight excluding hydrogens is 260 g/mol. The zero-order valence-corrected chi connectivity index (χ0v) is 13.0. The Hall–Kier alpha value is -1.10. The lowest BCUT2D eigenvalue weighted by Gasteiger charge is -2.08. The van der Waals surface area contributed by atoms with Gasteiger partial charge in [0.05, 0.1) is 13.2 Å². The Bertz CT molecular complexity index is 263. The summed E-state index contributed by atoms with van der Waals surface area (Å²) in [6.45, 7) is 6.43. The first kappa shape index (κ1) is 18.9. The Morgan fingerprint density at radius 1 is 0.900 bits per heavy atom. The van der Waals surface area contributed by atoms with Crippen LogP contribution in [0, 0.1) is 5.92 Å². The molecule has 0 aromatic heterocycles. The predicted octanol–water partition coefficient (Wildman–Crippen LogP) is 2.72. The number of carbonyl (C=O) groups excluding carboxylic acids is 2. The summed E-state index contributed by atoms with van der Waals surface area (Å²) in [6.07, 6.45) is 5.54. The highest BCUT2D eigenvalue weighted by molar-refractivity contribution is 5.73. The molecule has 0 spiro atoms. The third-order valence-corrected chi connectivity index (χ3v) is 2.53. The molecule has 0 unspecified atom stereocenters. The second-order valence-electron chi connectivity index (χ2n) is 5.20. The molecule has 0 heterocycles. The van der Waals surface area contributed by atoms with Gasteiger partial charge in [0, 0.05) is 0 Å². The molecule has 0 radical (unpaired) electrons. The zero-order valence-electron chi connectivity index (χ0n) is 13.0. The van der Waals surface area contributed by atoms with Gasteiger partial charge in [0.2, 0.25) is 0 Å². The number of hydrogen-bond donors (Lipinski definition) is 0. The lowest BCUT2D eigenvalue weighted by molar-refractivity contribution is -0.156. The van der Waals surface area contributed by atoms with Gasteiger partial charge >= 0.3 is 11.9 Å². The average molecular weight is 288 g/mol. The van der Waals surface area contributed by atoms with E-state index in [2.05, 4.69) is 6.92 Å². The van der Waals surface area contributed by atoms with Crippen LogP contribution in [0.15, 0.2) is 0 Å². The number of hydrogen-bond acceptors (Lipinski definition) is 5. The molecule has 0 bridgehead atoms. The summed E-state index contributed by atoms with van der Waals surface area (Å²) in [5.41, 5.74) is 0. The van der Waals surface area contributed by atoms with E-state index in [4.69, 9.17) is 14.2 Å². The van der Waals surface area contributed by atoms with E-state index in [-0.39, 0.29) is 19.1 Å². The van der Waals surface area contributed by atoms with Gasteiger partial charge in [-0.2, -0.15) is 0 Å². The first-order valence-corrected chi connectivity index (χ1v) is 7.45. The van der Waals surface area contributed by atoms with E-state index < -0.39 is 11.9 Å². The van der Waals surface area contributed by atoms with Crippen LogP contribution in [0.2, 0.25) is 0 Å². The molecule has 20 heavy (non-hydrogen) atoms. The van der Waals surface area contributed by atoms with Crippen LogP contribution < -0.4 is 0 Å². The van der Waals surface area contributed by atoms with Crippen LogP contribution in [-0.2, 0) is 23.8 Å². The third kappa shape index (κ3) is 13.3. The summed E-state index contributed by atoms with van der Waals surface area (Å²) >= 11 is 0. The van der Waals surface area contributed by atoms with Gasteiger partial charge in [-0.3, -0.25) is 0 Å². The molecule has 0 aliphatic rings. The zero-order chi connectivity index (χ0) is 15.2. The molecule has 0 N–H and O–H groups in total. The predicted molar refractivity (Wildman–Crippen MR) is 76.3 cm³/mol. The van der Waals surface area contributed by atoms with E-state index in [0.29, 0.717) is 13.2 Å². The van der Waals surface area contributed by atoms with Crippen molar-refractivity contribution >= 4 is 11.9 Å². The monoisotopic (exact) mass is 288 g/mol. The minimum Gasteiger partial charge on any atom is -0.464 e. The van der Waals surface area contributed by atoms with Crippen molar-refractivity contribution in [3.8, 4) is 0 Å². The van der Waals surface area contributed by atoms with Crippen LogP contribution >= 0.6 is 0 Å². The maximum absolute atomic E-state index is 11.3. The van der Waals surface area contributed by atoms with Crippen molar-refractivity contribution in [2.45, 2.75) is 52.9 Å². The number of rotatable bonds is 12. The van der Waals surface area contributed by atoms with Crippen LogP contribution in [0.5, 0.6) is 0 Å². The molecule has 0 amide bonds. The van der Waals surface area contributed by atoms with Crippen LogP contribution in [0.1, 0.15) is 52.9 Å². The summed E-state index contributed by atoms with van der Waals surface area (Å²) in [7, 11) is 0. The van der Waals surface area contributed by atoms with Crippen molar-refractivity contribution < 1.29 is 23.8 Å². The SMILES string of the molecule is CCCCCCCOC(=O)COCC(=O)OCC(C)C. The Morgan fingerprint density at radius 2 is 1.50 bits per heavy atom. The smallest absolute Gasteiger partial charge is 0.332 e. The van der Waals surface area contributed by atoms with E-state index in [1.54, 1.807) is 0 Å². The lowest BCUT2D eigenvalue weighted by Crippen LogP contribution is -2.20. The summed E-state index contributed by atoms with van der Waals surface area (Å²) < 4.78 is 14.8. The Morgan fingerprint density at radius 3 is 2.10 bits per heavy atom. The number of carbonyl (C=O) groups is 2. The van der Waals surface area contributed by atoms with E-state index in [0.717, 1.165) is 12.8 Å². The van der Waals surface area contributed by atoms with Crippen molar-refractivity contribution in [1.82, 2.24) is 0 Å². The van der Waals surface area contributed by atoms with Gasteiger partial charge in [0.15, 0.2) is 0 Å². The van der Waals surface area contributed by atoms with Gasteiger partial charge < -0.3 is 14.2 Å². The fraction of sp³-hybridized carbons (Fsp3) is 0.867. The van der Waals surface area contributed by atoms with E-state index in [1.165, 1.54) is 19.3 Å². The number of ether oxygens (including phenoxy) is 3. The maximum atomic E-state index is 11.3. The van der Waals surface area contributed by atoms with Gasteiger partial charge in [-0.05, 0) is 12.3 Å². The van der Waals surface area contributed by atoms with Crippen molar-refractivity contribution in [2.75, 3.05) is 26.4 Å². The number of esters is 2. The number of unbranched alkanes of at least 4 members (excludes halogenated alkanes) is 4. The molecule has 0 saturated heterocycles. The fourth-order valence-electron chi connectivity index (χ4n) is 1.45. The van der Waals surface area contributed by atoms with Crippen molar-refractivity contribution in [3.63, 3.8) is 0 Å². The molecule has 0 rings (SSSR count). The summed E-state index contributed by atoms with van der Waals surface area (Å²) in [6, 6.07) is 0. The minimum absolute atomic E-state index is 0.203. The first-order valence-electron chi connectivity index (χ1n) is 7.45. The molecule has 5 heteroatoms. The minimum atomic E-state index is -0.453. The standard InChI is InChI=1S/C15H28O5/c1-4-5-6-7-8-9-19-14(16)11-18-12-15(17)20-10-13(2)3/h13H,4-12H2,1-3H3. The van der Waals surface area contributed by atoms with Gasteiger partial charge in [-0.1, -0.05) is 46.5 Å². The van der Waals surface area contributed by atoms with Gasteiger partial charge in [-0.15, -0.1) is 0 Å². The summed E-state index contributed by atoms with van der Waals surface area (Å²) in [5, 5.41) is 0. The topological polar surface area (TPSA) is 61.8 Å². The Balaban J connectivity index is 3.38. The quantitative estimate of drug-likeness (QED) is 0.408. The van der Waals surface area contributed by atoms with Gasteiger partial charge in [-0.25, -0.2) is 9.59 Å². The molecule has 0 aromatic rings. The molecule has 0 fully saturated rings. The van der Waals surface area contributed by atoms with Crippen LogP contribution in [0.3, 0.4) is 0 Å². The molecule has 5 nitrogen and oxygen atoms in total. The van der Waals surface area contributed by atoms with Crippen LogP contribution in [0.4, 0.5) is 0 Å². The second-order valence-corrected chi connectivity index (χ2v) is 5.20. The molecule has 0 aliphatic heterocycles. The highest BCUT2D eigenvalue weighted by atomic mass is 16.6. The highest BCUT2D eigenvalue weighted by Crippen LogP contribution is 2.02. The molecule has 0 saturated carbocycles. The van der Waals surface area contributed by atoms with E-state index >= 15 is 0 Å². The Labute approximate surface area is 122 Å². The molecular formula is C15H28O5. The van der Waals surface area contributed by atoms with Crippen LogP contribution in [0.25, 0.3) is 0 Å². The van der Waals surface area contributed by atoms with E-state index in [1.807, 2.05) is 13.8 Å². The first-order chi connectivity index (χ1) is 9.56. The molecule has 118 valence electrons. The largest absolute Gasteiger partial charge is 0.464 e. The highest BCUT2D eigenvalue weighted by Gasteiger charge is 2.07. The summed E-state index contributed by atoms with van der Waals surface area (Å²) in [4.78, 5) is 22.5. The van der Waals surface area contributed by atoms with Crippen molar-refractivity contribution in [3.05, 3.63) is 0 Å². The second kappa shape index (κ2) is 12.9. The third-order valence-electron chi connectivity index (χ3n) is 2.53. The normalized spacial score (nSPS) is 10.6. The molecule has 0 atom stereocenters. The maximum Gasteiger partial charge on any atom is 0.332 e.